The van der Waals surface area contributed by atoms with Gasteiger partial charge >= 0.3 is 0 Å². The molecule has 0 unspecified atom stereocenters. The highest BCUT2D eigenvalue weighted by Crippen LogP contribution is 2.24. The molecule has 17 heavy (non-hydrogen) atoms. The maximum Gasteiger partial charge on any atom is 0.0433 e. The van der Waals surface area contributed by atoms with Crippen LogP contribution in [-0.4, -0.2) is 11.7 Å². The number of hydrogen-bond acceptors (Lipinski definition) is 1. The van der Waals surface area contributed by atoms with Crippen LogP contribution >= 0.6 is 0 Å². The van der Waals surface area contributed by atoms with Crippen molar-refractivity contribution in [3.8, 4) is 0 Å². The Kier molecular flexibility index (Phi) is 7.74. The largest absolute Gasteiger partial charge is 0.396 e. The summed E-state index contributed by atoms with van der Waals surface area (Å²) in [4.78, 5) is 0. The third-order valence-electron chi connectivity index (χ3n) is 3.30. The van der Waals surface area contributed by atoms with Crippen LogP contribution in [0.5, 0.6) is 0 Å². The highest BCUT2D eigenvalue weighted by Gasteiger charge is 2.08. The first-order valence-corrected chi connectivity index (χ1v) is 6.95. The van der Waals surface area contributed by atoms with E-state index in [9.17, 15) is 0 Å². The molecule has 96 valence electrons. The van der Waals surface area contributed by atoms with Gasteiger partial charge in [0.25, 0.3) is 0 Å². The van der Waals surface area contributed by atoms with Crippen molar-refractivity contribution in [1.82, 2.24) is 0 Å². The first-order valence-electron chi connectivity index (χ1n) is 6.95. The van der Waals surface area contributed by atoms with E-state index >= 15 is 0 Å². The van der Waals surface area contributed by atoms with Crippen molar-refractivity contribution in [2.75, 3.05) is 6.61 Å². The highest BCUT2D eigenvalue weighted by molar-refractivity contribution is 5.21. The molecule has 0 aliphatic heterocycles. The molecule has 1 aliphatic rings. The standard InChI is InChI=1S/C16H26O/c1-15(9-4-3-7-14-17)10-8-13-16-11-5-2-6-12-16/h4,8-10,13,16-17H,2-3,5-7,11-12,14H2,1H3/b9-4+,13-8+,15-10-. The topological polar surface area (TPSA) is 20.2 Å². The quantitative estimate of drug-likeness (QED) is 0.533. The van der Waals surface area contributed by atoms with E-state index < -0.39 is 0 Å². The average Bonchev–Trinajstić information content (AvgIpc) is 2.36. The molecule has 0 aromatic carbocycles. The van der Waals surface area contributed by atoms with Crippen molar-refractivity contribution >= 4 is 0 Å². The Morgan fingerprint density at radius 1 is 1.24 bits per heavy atom. The van der Waals surface area contributed by atoms with E-state index in [1.54, 1.807) is 0 Å². The first-order chi connectivity index (χ1) is 8.33. The van der Waals surface area contributed by atoms with E-state index in [2.05, 4.69) is 37.3 Å². The molecule has 0 amide bonds. The van der Waals surface area contributed by atoms with Crippen LogP contribution in [0, 0.1) is 5.92 Å². The molecule has 1 fully saturated rings. The van der Waals surface area contributed by atoms with Crippen molar-refractivity contribution in [2.24, 2.45) is 5.92 Å². The molecule has 1 saturated carbocycles. The minimum absolute atomic E-state index is 0.286. The molecule has 1 nitrogen and oxygen atoms in total. The molecule has 0 heterocycles. The van der Waals surface area contributed by atoms with Gasteiger partial charge in [-0.15, -0.1) is 0 Å². The molecule has 0 atom stereocenters. The van der Waals surface area contributed by atoms with Gasteiger partial charge in [0.05, 0.1) is 0 Å². The Hall–Kier alpha value is -0.820. The molecule has 1 N–H and O–H groups in total. The van der Waals surface area contributed by atoms with Gasteiger partial charge in [0.1, 0.15) is 0 Å². The van der Waals surface area contributed by atoms with Crippen LogP contribution in [0.15, 0.2) is 36.0 Å². The number of hydrogen-bond donors (Lipinski definition) is 1. The van der Waals surface area contributed by atoms with E-state index in [0.717, 1.165) is 18.8 Å². The zero-order valence-electron chi connectivity index (χ0n) is 11.1. The summed E-state index contributed by atoms with van der Waals surface area (Å²) < 4.78 is 0. The van der Waals surface area contributed by atoms with Crippen molar-refractivity contribution in [3.05, 3.63) is 36.0 Å². The molecule has 0 saturated heterocycles. The number of aliphatic hydroxyl groups excluding tert-OH is 1. The summed E-state index contributed by atoms with van der Waals surface area (Å²) in [5.74, 6) is 0.811. The van der Waals surface area contributed by atoms with E-state index in [1.807, 2.05) is 0 Å². The van der Waals surface area contributed by atoms with E-state index in [4.69, 9.17) is 5.11 Å². The zero-order valence-corrected chi connectivity index (χ0v) is 11.1. The number of allylic oxidation sites excluding steroid dienone is 6. The Balaban J connectivity index is 2.25. The van der Waals surface area contributed by atoms with Crippen LogP contribution in [0.2, 0.25) is 0 Å². The summed E-state index contributed by atoms with van der Waals surface area (Å²) in [6.07, 6.45) is 19.8. The molecule has 1 rings (SSSR count). The second kappa shape index (κ2) is 9.23. The third-order valence-corrected chi connectivity index (χ3v) is 3.30. The summed E-state index contributed by atoms with van der Waals surface area (Å²) in [5.41, 5.74) is 1.29. The Morgan fingerprint density at radius 2 is 2.00 bits per heavy atom. The van der Waals surface area contributed by atoms with Crippen LogP contribution in [0.4, 0.5) is 0 Å². The predicted octanol–water partition coefficient (Wildman–Crippen LogP) is 4.40. The number of aliphatic hydroxyl groups is 1. The van der Waals surface area contributed by atoms with Crippen molar-refractivity contribution < 1.29 is 5.11 Å². The van der Waals surface area contributed by atoms with Crippen LogP contribution in [0.1, 0.15) is 51.9 Å². The lowest BCUT2D eigenvalue weighted by Crippen LogP contribution is -2.02. The molecule has 0 radical (unpaired) electrons. The third kappa shape index (κ3) is 7.17. The summed E-state index contributed by atoms with van der Waals surface area (Å²) in [6.45, 7) is 2.41. The fourth-order valence-electron chi connectivity index (χ4n) is 2.23. The van der Waals surface area contributed by atoms with Crippen molar-refractivity contribution in [3.63, 3.8) is 0 Å². The summed E-state index contributed by atoms with van der Waals surface area (Å²) in [5, 5.41) is 8.66. The minimum atomic E-state index is 0.286. The van der Waals surface area contributed by atoms with Gasteiger partial charge in [-0.2, -0.15) is 0 Å². The van der Waals surface area contributed by atoms with Crippen LogP contribution in [0.25, 0.3) is 0 Å². The molecule has 0 spiro atoms. The molecule has 1 aliphatic carbocycles. The van der Waals surface area contributed by atoms with E-state index in [-0.39, 0.29) is 6.61 Å². The van der Waals surface area contributed by atoms with E-state index in [0.29, 0.717) is 0 Å². The van der Waals surface area contributed by atoms with Crippen LogP contribution in [-0.2, 0) is 0 Å². The van der Waals surface area contributed by atoms with Crippen molar-refractivity contribution in [1.29, 1.82) is 0 Å². The second-order valence-electron chi connectivity index (χ2n) is 4.96. The van der Waals surface area contributed by atoms with Gasteiger partial charge in [0, 0.05) is 6.61 Å². The zero-order chi connectivity index (χ0) is 12.3. The Morgan fingerprint density at radius 3 is 2.71 bits per heavy atom. The molecule has 0 aromatic rings. The van der Waals surface area contributed by atoms with Crippen LogP contribution in [0.3, 0.4) is 0 Å². The Bertz CT molecular complexity index is 267. The molecular weight excluding hydrogens is 208 g/mol. The monoisotopic (exact) mass is 234 g/mol. The minimum Gasteiger partial charge on any atom is -0.396 e. The number of rotatable bonds is 6. The normalized spacial score (nSPS) is 19.5. The maximum atomic E-state index is 8.66. The van der Waals surface area contributed by atoms with Gasteiger partial charge in [-0.05, 0) is 38.5 Å². The summed E-state index contributed by atoms with van der Waals surface area (Å²) >= 11 is 0. The van der Waals surface area contributed by atoms with Gasteiger partial charge in [0.15, 0.2) is 0 Å². The predicted molar refractivity (Wildman–Crippen MR) is 74.9 cm³/mol. The summed E-state index contributed by atoms with van der Waals surface area (Å²) in [7, 11) is 0. The fraction of sp³-hybridized carbons (Fsp3) is 0.625. The lowest BCUT2D eigenvalue weighted by atomic mass is 9.89. The second-order valence-corrected chi connectivity index (χ2v) is 4.96. The average molecular weight is 234 g/mol. The molecule has 1 heteroatoms. The van der Waals surface area contributed by atoms with Gasteiger partial charge in [-0.3, -0.25) is 0 Å². The molecule has 0 bridgehead atoms. The van der Waals surface area contributed by atoms with Crippen molar-refractivity contribution in [2.45, 2.75) is 51.9 Å². The van der Waals surface area contributed by atoms with Gasteiger partial charge in [-0.1, -0.05) is 55.2 Å². The lowest BCUT2D eigenvalue weighted by Gasteiger charge is -2.17. The summed E-state index contributed by atoms with van der Waals surface area (Å²) in [6, 6.07) is 0. The maximum absolute atomic E-state index is 8.66. The van der Waals surface area contributed by atoms with Gasteiger partial charge in [-0.25, -0.2) is 0 Å². The molecule has 0 aromatic heterocycles. The number of unbranched alkanes of at least 4 members (excludes halogenated alkanes) is 1. The fourth-order valence-corrected chi connectivity index (χ4v) is 2.23. The van der Waals surface area contributed by atoms with Crippen LogP contribution < -0.4 is 0 Å². The first kappa shape index (κ1) is 14.2. The SMILES string of the molecule is CC(=C/C=C/C1CCCCC1)/C=C/CCCO. The van der Waals surface area contributed by atoms with E-state index in [1.165, 1.54) is 37.7 Å². The highest BCUT2D eigenvalue weighted by atomic mass is 16.2. The smallest absolute Gasteiger partial charge is 0.0433 e. The Labute approximate surface area is 106 Å². The molecular formula is C16H26O. The lowest BCUT2D eigenvalue weighted by molar-refractivity contribution is 0.289. The van der Waals surface area contributed by atoms with Gasteiger partial charge < -0.3 is 5.11 Å². The van der Waals surface area contributed by atoms with Gasteiger partial charge in [0.2, 0.25) is 0 Å².